The Hall–Kier alpha value is -3.40. The SMILES string of the molecule is CCCCCCC#Cc1c2c(c(-c3cc4sc5c6sc(-c7ccc(N(CCCCCC)CCCCCC)cc7)cc6n(CC(CC)CCCC)c5c4s3)c3nsnc13)N=S=N2. The molecule has 0 aliphatic carbocycles. The first-order chi connectivity index (χ1) is 30.1. The minimum atomic E-state index is 0.637. The lowest BCUT2D eigenvalue weighted by molar-refractivity contribution is 0.401. The first-order valence-corrected chi connectivity index (χ1v) is 27.2. The molecule has 11 heteroatoms. The molecule has 1 aliphatic rings. The minimum Gasteiger partial charge on any atom is -0.372 e. The first kappa shape index (κ1) is 44.2. The summed E-state index contributed by atoms with van der Waals surface area (Å²) in [6.45, 7) is 14.9. The van der Waals surface area contributed by atoms with E-state index in [1.165, 1.54) is 170 Å². The van der Waals surface area contributed by atoms with E-state index in [4.69, 9.17) is 17.5 Å². The van der Waals surface area contributed by atoms with Gasteiger partial charge in [-0.3, -0.25) is 0 Å². The molecule has 0 saturated carbocycles. The Morgan fingerprint density at radius 1 is 0.672 bits per heavy atom. The maximum atomic E-state index is 4.89. The van der Waals surface area contributed by atoms with E-state index < -0.39 is 0 Å². The van der Waals surface area contributed by atoms with Crippen molar-refractivity contribution >= 4 is 115 Å². The Morgan fingerprint density at radius 2 is 1.36 bits per heavy atom. The summed E-state index contributed by atoms with van der Waals surface area (Å²) in [7, 11) is 0. The molecular formula is C50H62N6S5. The third-order valence-electron chi connectivity index (χ3n) is 12.4. The molecule has 0 radical (unpaired) electrons. The smallest absolute Gasteiger partial charge is 0.123 e. The summed E-state index contributed by atoms with van der Waals surface area (Å²) in [6, 6.07) is 14.4. The molecule has 61 heavy (non-hydrogen) atoms. The molecule has 0 bridgehead atoms. The van der Waals surface area contributed by atoms with Gasteiger partial charge in [0.2, 0.25) is 0 Å². The van der Waals surface area contributed by atoms with Crippen molar-refractivity contribution in [3.8, 4) is 32.7 Å². The number of benzene rings is 2. The molecule has 0 amide bonds. The summed E-state index contributed by atoms with van der Waals surface area (Å²) in [5.41, 5.74) is 11.0. The number of hydrogen-bond donors (Lipinski definition) is 0. The molecule has 322 valence electrons. The fourth-order valence-electron chi connectivity index (χ4n) is 8.84. The molecule has 0 fully saturated rings. The van der Waals surface area contributed by atoms with E-state index in [1.807, 2.05) is 34.0 Å². The maximum absolute atomic E-state index is 4.89. The molecule has 6 heterocycles. The second kappa shape index (κ2) is 21.3. The highest BCUT2D eigenvalue weighted by molar-refractivity contribution is 7.58. The second-order valence-corrected chi connectivity index (χ2v) is 21.1. The highest BCUT2D eigenvalue weighted by atomic mass is 32.1. The van der Waals surface area contributed by atoms with Gasteiger partial charge < -0.3 is 9.47 Å². The Labute approximate surface area is 383 Å². The van der Waals surface area contributed by atoms with E-state index in [9.17, 15) is 0 Å². The summed E-state index contributed by atoms with van der Waals surface area (Å²) in [5.74, 6) is 7.54. The van der Waals surface area contributed by atoms with E-state index in [1.54, 1.807) is 0 Å². The van der Waals surface area contributed by atoms with Gasteiger partial charge in [0.05, 0.1) is 59.3 Å². The zero-order valence-electron chi connectivity index (χ0n) is 36.9. The molecule has 0 saturated heterocycles. The summed E-state index contributed by atoms with van der Waals surface area (Å²) in [6.07, 6.45) is 21.1. The van der Waals surface area contributed by atoms with Crippen molar-refractivity contribution in [2.75, 3.05) is 18.0 Å². The van der Waals surface area contributed by atoms with Crippen molar-refractivity contribution in [2.45, 2.75) is 150 Å². The lowest BCUT2D eigenvalue weighted by Gasteiger charge is -2.25. The lowest BCUT2D eigenvalue weighted by atomic mass is 9.99. The normalized spacial score (nSPS) is 12.9. The number of aromatic nitrogens is 3. The number of nitrogens with zero attached hydrogens (tertiary/aromatic N) is 6. The number of rotatable bonds is 23. The van der Waals surface area contributed by atoms with Gasteiger partial charge >= 0.3 is 0 Å². The average Bonchev–Trinajstić information content (AvgIpc) is 4.14. The zero-order valence-corrected chi connectivity index (χ0v) is 41.0. The van der Waals surface area contributed by atoms with Crippen molar-refractivity contribution in [3.05, 3.63) is 42.0 Å². The molecule has 5 aromatic heterocycles. The number of unbranched alkanes of at least 4 members (excludes halogenated alkanes) is 11. The van der Waals surface area contributed by atoms with Crippen LogP contribution >= 0.6 is 45.7 Å². The van der Waals surface area contributed by atoms with Gasteiger partial charge in [0, 0.05) is 46.2 Å². The molecule has 6 nitrogen and oxygen atoms in total. The van der Waals surface area contributed by atoms with Crippen LogP contribution in [0, 0.1) is 17.8 Å². The molecule has 7 aromatic rings. The van der Waals surface area contributed by atoms with Crippen LogP contribution in [0.2, 0.25) is 0 Å². The van der Waals surface area contributed by atoms with Crippen molar-refractivity contribution in [3.63, 3.8) is 0 Å². The van der Waals surface area contributed by atoms with Crippen LogP contribution in [0.4, 0.5) is 17.1 Å². The Balaban J connectivity index is 1.16. The third-order valence-corrected chi connectivity index (χ3v) is 17.2. The van der Waals surface area contributed by atoms with E-state index in [-0.39, 0.29) is 0 Å². The Kier molecular flexibility index (Phi) is 15.5. The Bertz CT molecular complexity index is 2680. The van der Waals surface area contributed by atoms with Gasteiger partial charge in [0.25, 0.3) is 0 Å². The van der Waals surface area contributed by atoms with Crippen LogP contribution < -0.4 is 4.90 Å². The van der Waals surface area contributed by atoms with Gasteiger partial charge in [-0.25, -0.2) is 0 Å². The quantitative estimate of drug-likeness (QED) is 0.0475. The molecule has 8 rings (SSSR count). The first-order valence-electron chi connectivity index (χ1n) is 23.3. The van der Waals surface area contributed by atoms with Gasteiger partial charge in [-0.05, 0) is 61.4 Å². The number of thiophene rings is 3. The molecule has 1 atom stereocenters. The van der Waals surface area contributed by atoms with Crippen LogP contribution in [-0.2, 0) is 17.9 Å². The van der Waals surface area contributed by atoms with Crippen molar-refractivity contribution in [1.29, 1.82) is 0 Å². The third kappa shape index (κ3) is 9.60. The molecule has 2 aromatic carbocycles. The van der Waals surface area contributed by atoms with Gasteiger partial charge in [-0.1, -0.05) is 136 Å². The zero-order chi connectivity index (χ0) is 42.1. The number of fused-ring (bicyclic) bond motifs is 7. The Morgan fingerprint density at radius 3 is 2.08 bits per heavy atom. The van der Waals surface area contributed by atoms with Gasteiger partial charge in [-0.2, -0.15) is 17.5 Å². The number of anilines is 1. The second-order valence-electron chi connectivity index (χ2n) is 16.9. The van der Waals surface area contributed by atoms with Crippen LogP contribution in [0.25, 0.3) is 61.7 Å². The molecular weight excluding hydrogens is 845 g/mol. The molecule has 0 N–H and O–H groups in total. The van der Waals surface area contributed by atoms with Gasteiger partial charge in [-0.15, -0.1) is 34.0 Å². The highest BCUT2D eigenvalue weighted by Gasteiger charge is 2.28. The van der Waals surface area contributed by atoms with Crippen LogP contribution in [0.3, 0.4) is 0 Å². The van der Waals surface area contributed by atoms with E-state index in [0.29, 0.717) is 5.92 Å². The molecule has 1 aliphatic heterocycles. The standard InChI is InChI=1S/C50H62N6S5/c1-6-11-15-18-19-20-24-37-43-45(53-60-51-43)42(46-44(37)52-61-54-46)40-32-41-49(58-40)47-50(59-41)48-38(56(47)33-34(10-5)23-14-9-4)31-39(57-48)35-25-27-36(28-26-35)55(29-21-16-12-7-2)30-22-17-13-8-3/h25-28,31-32,34H,6-19,21-23,29-30,33H2,1-5H3. The van der Waals surface area contributed by atoms with E-state index >= 15 is 0 Å². The van der Waals surface area contributed by atoms with Crippen molar-refractivity contribution < 1.29 is 0 Å². The summed E-state index contributed by atoms with van der Waals surface area (Å²) < 4.78 is 27.7. The lowest BCUT2D eigenvalue weighted by Crippen LogP contribution is -2.25. The fraction of sp³-hybridized carbons (Fsp3) is 0.520. The van der Waals surface area contributed by atoms with E-state index in [0.717, 1.165) is 66.0 Å². The minimum absolute atomic E-state index is 0.637. The van der Waals surface area contributed by atoms with Crippen LogP contribution in [0.5, 0.6) is 0 Å². The predicted octanol–water partition coefficient (Wildman–Crippen LogP) is 17.7. The predicted molar refractivity (Wildman–Crippen MR) is 273 cm³/mol. The summed E-state index contributed by atoms with van der Waals surface area (Å²) >= 11 is 8.36. The molecule has 1 unspecified atom stereocenters. The van der Waals surface area contributed by atoms with Crippen LogP contribution in [0.15, 0.2) is 45.1 Å². The van der Waals surface area contributed by atoms with E-state index in [2.05, 4.69) is 92.3 Å². The average molecular weight is 907 g/mol. The van der Waals surface area contributed by atoms with Crippen LogP contribution in [-0.4, -0.2) is 26.4 Å². The summed E-state index contributed by atoms with van der Waals surface area (Å²) in [4.78, 5) is 5.21. The molecule has 0 spiro atoms. The maximum Gasteiger partial charge on any atom is 0.123 e. The monoisotopic (exact) mass is 906 g/mol. The fourth-order valence-corrected chi connectivity index (χ4v) is 14.0. The topological polar surface area (TPSA) is 58.7 Å². The largest absolute Gasteiger partial charge is 0.372 e. The van der Waals surface area contributed by atoms with Crippen molar-refractivity contribution in [2.24, 2.45) is 14.6 Å². The highest BCUT2D eigenvalue weighted by Crippen LogP contribution is 2.54. The summed E-state index contributed by atoms with van der Waals surface area (Å²) in [5, 5.41) is 0. The van der Waals surface area contributed by atoms with Crippen LogP contribution in [0.1, 0.15) is 149 Å². The number of hydrogen-bond acceptors (Lipinski definition) is 9. The van der Waals surface area contributed by atoms with Crippen molar-refractivity contribution in [1.82, 2.24) is 13.3 Å². The van der Waals surface area contributed by atoms with Gasteiger partial charge in [0.15, 0.2) is 0 Å². The van der Waals surface area contributed by atoms with Gasteiger partial charge in [0.1, 0.15) is 22.4 Å².